The van der Waals surface area contributed by atoms with Crippen LogP contribution in [0.25, 0.3) is 0 Å². The first-order chi connectivity index (χ1) is 54.7. The molecule has 0 aliphatic rings. The third-order valence-corrected chi connectivity index (χ3v) is 19.6. The van der Waals surface area contributed by atoms with Gasteiger partial charge in [0.15, 0.2) is 12.2 Å². The van der Waals surface area contributed by atoms with Gasteiger partial charge >= 0.3 is 39.5 Å². The number of carbonyl (C=O) groups excluding carboxylic acids is 4. The number of hydrogen-bond donors (Lipinski definition) is 3. The second-order valence-electron chi connectivity index (χ2n) is 28.3. The monoisotopic (exact) mass is 1610 g/mol. The summed E-state index contributed by atoms with van der Waals surface area (Å²) >= 11 is 0. The molecule has 0 rings (SSSR count). The quantitative estimate of drug-likeness (QED) is 0.0169. The lowest BCUT2D eigenvalue weighted by atomic mass is 10.0. The lowest BCUT2D eigenvalue weighted by Gasteiger charge is -2.21. The van der Waals surface area contributed by atoms with E-state index in [1.165, 1.54) is 64.2 Å². The first-order valence-corrected chi connectivity index (χ1v) is 46.4. The van der Waals surface area contributed by atoms with Crippen LogP contribution in [0, 0.1) is 0 Å². The van der Waals surface area contributed by atoms with Crippen LogP contribution < -0.4 is 0 Å². The van der Waals surface area contributed by atoms with Crippen LogP contribution in [0.1, 0.15) is 336 Å². The van der Waals surface area contributed by atoms with E-state index in [0.717, 1.165) is 193 Å². The molecule has 5 atom stereocenters. The highest BCUT2D eigenvalue weighted by atomic mass is 31.2. The summed E-state index contributed by atoms with van der Waals surface area (Å²) in [6.07, 6.45) is 100. The molecule has 112 heavy (non-hydrogen) atoms. The van der Waals surface area contributed by atoms with Gasteiger partial charge in [-0.25, -0.2) is 9.13 Å². The van der Waals surface area contributed by atoms with Crippen molar-refractivity contribution in [2.24, 2.45) is 0 Å². The van der Waals surface area contributed by atoms with Gasteiger partial charge in [0.1, 0.15) is 19.3 Å². The maximum atomic E-state index is 13.2. The molecule has 0 radical (unpaired) electrons. The molecule has 638 valence electrons. The fraction of sp³-hybridized carbons (Fsp3) is 0.656. The van der Waals surface area contributed by atoms with Crippen LogP contribution >= 0.6 is 15.6 Å². The van der Waals surface area contributed by atoms with E-state index < -0.39 is 97.5 Å². The predicted molar refractivity (Wildman–Crippen MR) is 463 cm³/mol. The van der Waals surface area contributed by atoms with Crippen LogP contribution in [0.2, 0.25) is 0 Å². The zero-order valence-corrected chi connectivity index (χ0v) is 71.8. The Labute approximate surface area is 680 Å². The van der Waals surface area contributed by atoms with E-state index in [1.54, 1.807) is 0 Å². The molecule has 0 aromatic carbocycles. The Bertz CT molecular complexity index is 2790. The van der Waals surface area contributed by atoms with Gasteiger partial charge in [0.05, 0.1) is 26.4 Å². The summed E-state index contributed by atoms with van der Waals surface area (Å²) < 4.78 is 68.8. The van der Waals surface area contributed by atoms with Gasteiger partial charge < -0.3 is 33.8 Å². The average Bonchev–Trinajstić information content (AvgIpc) is 0.898. The van der Waals surface area contributed by atoms with Crippen molar-refractivity contribution in [3.05, 3.63) is 170 Å². The lowest BCUT2D eigenvalue weighted by molar-refractivity contribution is -0.161. The topological polar surface area (TPSA) is 237 Å². The van der Waals surface area contributed by atoms with Gasteiger partial charge in [-0.1, -0.05) is 326 Å². The van der Waals surface area contributed by atoms with Crippen molar-refractivity contribution in [2.75, 3.05) is 39.6 Å². The van der Waals surface area contributed by atoms with Crippen molar-refractivity contribution in [1.82, 2.24) is 0 Å². The smallest absolute Gasteiger partial charge is 0.462 e. The molecule has 3 N–H and O–H groups in total. The summed E-state index contributed by atoms with van der Waals surface area (Å²) in [5.74, 6) is -2.26. The van der Waals surface area contributed by atoms with Crippen molar-refractivity contribution in [3.8, 4) is 0 Å². The number of aliphatic hydroxyl groups excluding tert-OH is 1. The Hall–Kier alpha value is -5.58. The molecule has 0 aliphatic carbocycles. The summed E-state index contributed by atoms with van der Waals surface area (Å²) in [6.45, 7) is 4.48. The molecular weight excluding hydrogens is 1450 g/mol. The fourth-order valence-electron chi connectivity index (χ4n) is 11.2. The summed E-state index contributed by atoms with van der Waals surface area (Å²) in [5, 5.41) is 10.7. The Kier molecular flexibility index (Phi) is 79.2. The normalized spacial score (nSPS) is 14.6. The predicted octanol–water partition coefficient (Wildman–Crippen LogP) is 26.1. The Balaban J connectivity index is 5.47. The Morgan fingerprint density at radius 3 is 0.723 bits per heavy atom. The van der Waals surface area contributed by atoms with Gasteiger partial charge in [0, 0.05) is 25.7 Å². The van der Waals surface area contributed by atoms with Crippen LogP contribution in [-0.2, 0) is 65.4 Å². The molecule has 0 aromatic rings. The number of carbonyl (C=O) groups is 4. The number of phosphoric acid groups is 2. The van der Waals surface area contributed by atoms with Crippen molar-refractivity contribution in [2.45, 2.75) is 354 Å². The van der Waals surface area contributed by atoms with Crippen molar-refractivity contribution in [1.29, 1.82) is 0 Å². The molecule has 0 bridgehead atoms. The van der Waals surface area contributed by atoms with Crippen LogP contribution in [0.5, 0.6) is 0 Å². The largest absolute Gasteiger partial charge is 0.472 e. The Morgan fingerprint density at radius 2 is 0.464 bits per heavy atom. The van der Waals surface area contributed by atoms with Gasteiger partial charge in [-0.15, -0.1) is 0 Å². The molecule has 0 saturated heterocycles. The van der Waals surface area contributed by atoms with Gasteiger partial charge in [-0.2, -0.15) is 0 Å². The van der Waals surface area contributed by atoms with E-state index in [4.69, 9.17) is 37.0 Å². The van der Waals surface area contributed by atoms with Gasteiger partial charge in [0.25, 0.3) is 0 Å². The minimum Gasteiger partial charge on any atom is -0.462 e. The number of esters is 4. The third kappa shape index (κ3) is 82.4. The number of ether oxygens (including phenoxy) is 4. The summed E-state index contributed by atoms with van der Waals surface area (Å²) in [5.41, 5.74) is 0. The molecule has 0 saturated carbocycles. The fourth-order valence-corrected chi connectivity index (χ4v) is 12.8. The van der Waals surface area contributed by atoms with Crippen LogP contribution in [0.15, 0.2) is 170 Å². The highest BCUT2D eigenvalue weighted by Gasteiger charge is 2.30. The zero-order chi connectivity index (χ0) is 81.7. The van der Waals surface area contributed by atoms with Crippen molar-refractivity contribution >= 4 is 39.5 Å². The molecule has 5 unspecified atom stereocenters. The van der Waals surface area contributed by atoms with E-state index in [-0.39, 0.29) is 25.7 Å². The number of aliphatic hydroxyl groups is 1. The standard InChI is InChI=1S/C93H154O17P2/c1-5-9-13-17-21-25-29-33-37-40-43-46-50-53-57-61-65-69-73-77-90(95)103-83-88(109-92(97)79-75-71-67-63-59-55-49-36-32-28-24-20-16-12-8-4)85-107-111(99,100)105-81-87(94)82-106-112(101,102)108-86-89(110-93(98)80-76-72-68-64-60-56-52-48-45-42-39-35-31-27-23-19-15-11-7-3)84-104-91(96)78-74-70-66-62-58-54-51-47-44-41-38-34-30-26-22-18-14-10-6-2/h9-11,13-15,21-23,25-27,33-35,37-39,43-48,54,56,58,60,87-89,94H,5-8,12,16-20,24,28-32,36,40-42,49-53,55,57,59,61-86H2,1-4H3,(H,99,100)(H,101,102)/b13-9-,14-10-,15-11-,25-21-,26-22-,27-23-,37-33-,38-34-,39-35-,46-43-,47-44-,48-45-,58-54-,60-56-. The van der Waals surface area contributed by atoms with Crippen LogP contribution in [0.4, 0.5) is 0 Å². The molecule has 17 nitrogen and oxygen atoms in total. The van der Waals surface area contributed by atoms with Crippen LogP contribution in [-0.4, -0.2) is 96.7 Å². The minimum absolute atomic E-state index is 0.0423. The number of allylic oxidation sites excluding steroid dienone is 28. The first kappa shape index (κ1) is 106. The maximum Gasteiger partial charge on any atom is 0.472 e. The summed E-state index contributed by atoms with van der Waals surface area (Å²) in [4.78, 5) is 73.3. The Morgan fingerprint density at radius 1 is 0.259 bits per heavy atom. The van der Waals surface area contributed by atoms with E-state index >= 15 is 0 Å². The zero-order valence-electron chi connectivity index (χ0n) is 70.0. The van der Waals surface area contributed by atoms with Crippen molar-refractivity contribution < 1.29 is 80.2 Å². The average molecular weight is 1610 g/mol. The molecular formula is C93H154O17P2. The second kappa shape index (κ2) is 83.4. The molecule has 0 aromatic heterocycles. The second-order valence-corrected chi connectivity index (χ2v) is 31.2. The molecule has 0 fully saturated rings. The van der Waals surface area contributed by atoms with Gasteiger partial charge in [0.2, 0.25) is 0 Å². The van der Waals surface area contributed by atoms with Gasteiger partial charge in [-0.05, 0) is 154 Å². The SMILES string of the molecule is CC/C=C\C/C=C\C/C=C\C/C=C\C/C=C\CCCCCC(=O)OCC(COP(=O)(O)OCC(O)COP(=O)(O)OCC(COC(=O)CCCCCCCC/C=C\C/C=C\C/C=C\C/C=C\CC)OC(=O)CCCCCCCCCCCCCCCCC)OC(=O)CCCCC/C=C\C/C=C\C/C=C\C/C=C\C/C=C\CC. The molecule has 0 spiro atoms. The number of rotatable bonds is 80. The lowest BCUT2D eigenvalue weighted by Crippen LogP contribution is -2.30. The number of unbranched alkanes of at least 4 members (excludes halogenated alkanes) is 26. The first-order valence-electron chi connectivity index (χ1n) is 43.4. The van der Waals surface area contributed by atoms with Crippen molar-refractivity contribution in [3.63, 3.8) is 0 Å². The van der Waals surface area contributed by atoms with E-state index in [1.807, 2.05) is 0 Å². The number of hydrogen-bond acceptors (Lipinski definition) is 15. The summed E-state index contributed by atoms with van der Waals surface area (Å²) in [7, 11) is -10.0. The minimum atomic E-state index is -5.01. The van der Waals surface area contributed by atoms with Gasteiger partial charge in [-0.3, -0.25) is 37.3 Å². The molecule has 19 heteroatoms. The van der Waals surface area contributed by atoms with Crippen LogP contribution in [0.3, 0.4) is 0 Å². The van der Waals surface area contributed by atoms with E-state index in [0.29, 0.717) is 25.7 Å². The number of phosphoric ester groups is 2. The third-order valence-electron chi connectivity index (χ3n) is 17.7. The summed E-state index contributed by atoms with van der Waals surface area (Å²) in [6, 6.07) is 0. The molecule has 0 heterocycles. The van der Waals surface area contributed by atoms with E-state index in [9.17, 15) is 43.2 Å². The molecule has 0 amide bonds. The molecule has 0 aliphatic heterocycles. The van der Waals surface area contributed by atoms with E-state index in [2.05, 4.69) is 198 Å². The maximum absolute atomic E-state index is 13.2. The highest BCUT2D eigenvalue weighted by Crippen LogP contribution is 2.45. The highest BCUT2D eigenvalue weighted by molar-refractivity contribution is 7.47.